The van der Waals surface area contributed by atoms with Gasteiger partial charge in [0.05, 0.1) is 16.1 Å². The Balaban J connectivity index is 2.54. The molecule has 1 aliphatic heterocycles. The first kappa shape index (κ1) is 14.8. The first-order chi connectivity index (χ1) is 9.96. The predicted molar refractivity (Wildman–Crippen MR) is 77.7 cm³/mol. The number of benzene rings is 1. The van der Waals surface area contributed by atoms with Gasteiger partial charge >= 0.3 is 0 Å². The highest BCUT2D eigenvalue weighted by Gasteiger charge is 2.28. The van der Waals surface area contributed by atoms with Gasteiger partial charge in [0.25, 0.3) is 5.69 Å². The van der Waals surface area contributed by atoms with E-state index in [1.165, 1.54) is 12.1 Å². The summed E-state index contributed by atoms with van der Waals surface area (Å²) in [6.45, 7) is 5.68. The summed E-state index contributed by atoms with van der Waals surface area (Å²) in [6.07, 6.45) is 1.09. The summed E-state index contributed by atoms with van der Waals surface area (Å²) in [6, 6.07) is 6.47. The van der Waals surface area contributed by atoms with Gasteiger partial charge in [0, 0.05) is 19.2 Å². The van der Waals surface area contributed by atoms with Crippen LogP contribution < -0.4 is 4.90 Å². The molecule has 1 saturated heterocycles. The first-order valence-corrected chi connectivity index (χ1v) is 6.83. The fourth-order valence-electron chi connectivity index (χ4n) is 3.02. The monoisotopic (exact) mass is 284 g/mol. The molecule has 6 nitrogen and oxygen atoms in total. The lowest BCUT2D eigenvalue weighted by atomic mass is 9.91. The largest absolute Gasteiger partial charge is 0.365 e. The van der Waals surface area contributed by atoms with Crippen LogP contribution in [-0.2, 0) is 0 Å². The Bertz CT molecular complexity index is 647. The average molecular weight is 284 g/mol. The highest BCUT2D eigenvalue weighted by Crippen LogP contribution is 2.35. The van der Waals surface area contributed by atoms with Crippen LogP contribution in [0.3, 0.4) is 0 Å². The van der Waals surface area contributed by atoms with Crippen LogP contribution in [0, 0.1) is 44.6 Å². The van der Waals surface area contributed by atoms with E-state index in [1.54, 1.807) is 0 Å². The van der Waals surface area contributed by atoms with Crippen LogP contribution in [-0.4, -0.2) is 18.0 Å². The van der Waals surface area contributed by atoms with Gasteiger partial charge in [0.1, 0.15) is 17.8 Å². The summed E-state index contributed by atoms with van der Waals surface area (Å²) < 4.78 is 0. The Kier molecular flexibility index (Phi) is 4.09. The lowest BCUT2D eigenvalue weighted by molar-refractivity contribution is -0.384. The third-order valence-corrected chi connectivity index (χ3v) is 3.76. The second-order valence-electron chi connectivity index (χ2n) is 5.72. The number of rotatable bonds is 2. The van der Waals surface area contributed by atoms with Gasteiger partial charge in [-0.15, -0.1) is 0 Å². The molecule has 21 heavy (non-hydrogen) atoms. The van der Waals surface area contributed by atoms with Crippen molar-refractivity contribution in [1.82, 2.24) is 0 Å². The number of nitrogens with zero attached hydrogens (tertiary/aromatic N) is 4. The zero-order valence-corrected chi connectivity index (χ0v) is 12.0. The van der Waals surface area contributed by atoms with Gasteiger partial charge in [-0.05, 0) is 24.3 Å². The van der Waals surface area contributed by atoms with Crippen LogP contribution in [0.5, 0.6) is 0 Å². The zero-order chi connectivity index (χ0) is 15.6. The summed E-state index contributed by atoms with van der Waals surface area (Å²) >= 11 is 0. The molecule has 0 N–H and O–H groups in total. The normalized spacial score (nSPS) is 21.4. The van der Waals surface area contributed by atoms with E-state index in [9.17, 15) is 10.1 Å². The van der Waals surface area contributed by atoms with E-state index in [2.05, 4.69) is 13.8 Å². The standard InChI is InChI=1S/C15H16N4O2/c1-10-3-11(2)9-18(8-10)14-4-12(6-16)13(7-17)5-15(14)19(20)21/h4-5,10-11H,3,8-9H2,1-2H3/t10-,11-/m0/s1. The molecular weight excluding hydrogens is 268 g/mol. The Labute approximate surface area is 123 Å². The molecule has 1 heterocycles. The van der Waals surface area contributed by atoms with Gasteiger partial charge in [0.2, 0.25) is 0 Å². The van der Waals surface area contributed by atoms with Crippen LogP contribution in [0.1, 0.15) is 31.4 Å². The fourth-order valence-corrected chi connectivity index (χ4v) is 3.02. The van der Waals surface area contributed by atoms with Crippen LogP contribution >= 0.6 is 0 Å². The Morgan fingerprint density at radius 3 is 2.19 bits per heavy atom. The maximum atomic E-state index is 11.3. The Hall–Kier alpha value is -2.60. The quantitative estimate of drug-likeness (QED) is 0.614. The van der Waals surface area contributed by atoms with Crippen molar-refractivity contribution >= 4 is 11.4 Å². The molecule has 2 rings (SSSR count). The van der Waals surface area contributed by atoms with Crippen molar-refractivity contribution in [3.63, 3.8) is 0 Å². The van der Waals surface area contributed by atoms with Gasteiger partial charge in [-0.1, -0.05) is 13.8 Å². The molecule has 0 unspecified atom stereocenters. The summed E-state index contributed by atoms with van der Waals surface area (Å²) in [4.78, 5) is 12.8. The molecule has 1 aromatic rings. The Morgan fingerprint density at radius 2 is 1.71 bits per heavy atom. The second kappa shape index (κ2) is 5.80. The molecule has 1 fully saturated rings. The SMILES string of the molecule is C[C@H]1C[C@H](C)CN(c2cc(C#N)c(C#N)cc2[N+](=O)[O-])C1. The van der Waals surface area contributed by atoms with Crippen molar-refractivity contribution in [1.29, 1.82) is 10.5 Å². The molecule has 2 atom stereocenters. The summed E-state index contributed by atoms with van der Waals surface area (Å²) in [7, 11) is 0. The summed E-state index contributed by atoms with van der Waals surface area (Å²) in [5.41, 5.74) is 0.566. The fraction of sp³-hybridized carbons (Fsp3) is 0.467. The molecule has 0 saturated carbocycles. The minimum Gasteiger partial charge on any atom is -0.365 e. The molecule has 0 aromatic heterocycles. The predicted octanol–water partition coefficient (Wildman–Crippen LogP) is 2.82. The number of nitro groups is 1. The van der Waals surface area contributed by atoms with Crippen molar-refractivity contribution in [2.45, 2.75) is 20.3 Å². The first-order valence-electron chi connectivity index (χ1n) is 6.83. The maximum Gasteiger partial charge on any atom is 0.293 e. The van der Waals surface area contributed by atoms with Gasteiger partial charge in [-0.25, -0.2) is 0 Å². The van der Waals surface area contributed by atoms with E-state index in [-0.39, 0.29) is 16.8 Å². The van der Waals surface area contributed by atoms with E-state index in [1.807, 2.05) is 17.0 Å². The van der Waals surface area contributed by atoms with Crippen molar-refractivity contribution < 1.29 is 4.92 Å². The molecule has 0 aliphatic carbocycles. The van der Waals surface area contributed by atoms with E-state index in [0.717, 1.165) is 19.5 Å². The number of hydrogen-bond acceptors (Lipinski definition) is 5. The lowest BCUT2D eigenvalue weighted by Gasteiger charge is -2.36. The molecule has 0 radical (unpaired) electrons. The van der Waals surface area contributed by atoms with E-state index < -0.39 is 4.92 Å². The van der Waals surface area contributed by atoms with Crippen molar-refractivity contribution in [2.75, 3.05) is 18.0 Å². The number of piperidine rings is 1. The number of anilines is 1. The molecule has 0 amide bonds. The molecule has 108 valence electrons. The van der Waals surface area contributed by atoms with Gasteiger partial charge in [-0.3, -0.25) is 10.1 Å². The maximum absolute atomic E-state index is 11.3. The highest BCUT2D eigenvalue weighted by molar-refractivity contribution is 5.70. The highest BCUT2D eigenvalue weighted by atomic mass is 16.6. The van der Waals surface area contributed by atoms with E-state index >= 15 is 0 Å². The smallest absolute Gasteiger partial charge is 0.293 e. The number of nitro benzene ring substituents is 1. The third-order valence-electron chi connectivity index (χ3n) is 3.76. The number of hydrogen-bond donors (Lipinski definition) is 0. The molecular formula is C15H16N4O2. The van der Waals surface area contributed by atoms with Gasteiger partial charge < -0.3 is 4.90 Å². The molecule has 1 aromatic carbocycles. The van der Waals surface area contributed by atoms with Crippen LogP contribution in [0.2, 0.25) is 0 Å². The van der Waals surface area contributed by atoms with Crippen molar-refractivity contribution in [3.05, 3.63) is 33.4 Å². The van der Waals surface area contributed by atoms with Gasteiger partial charge in [-0.2, -0.15) is 10.5 Å². The molecule has 0 bridgehead atoms. The Morgan fingerprint density at radius 1 is 1.19 bits per heavy atom. The van der Waals surface area contributed by atoms with E-state index in [0.29, 0.717) is 17.5 Å². The van der Waals surface area contributed by atoms with Crippen LogP contribution in [0.15, 0.2) is 12.1 Å². The van der Waals surface area contributed by atoms with Crippen LogP contribution in [0.4, 0.5) is 11.4 Å². The van der Waals surface area contributed by atoms with Crippen molar-refractivity contribution in [2.24, 2.45) is 11.8 Å². The van der Waals surface area contributed by atoms with Crippen LogP contribution in [0.25, 0.3) is 0 Å². The summed E-state index contributed by atoms with van der Waals surface area (Å²) in [5, 5.41) is 29.4. The molecule has 6 heteroatoms. The van der Waals surface area contributed by atoms with Gasteiger partial charge in [0.15, 0.2) is 0 Å². The van der Waals surface area contributed by atoms with E-state index in [4.69, 9.17) is 10.5 Å². The minimum absolute atomic E-state index is 0.0473. The van der Waals surface area contributed by atoms with Crippen molar-refractivity contribution in [3.8, 4) is 12.1 Å². The number of nitriles is 2. The lowest BCUT2D eigenvalue weighted by Crippen LogP contribution is -2.39. The minimum atomic E-state index is -0.485. The topological polar surface area (TPSA) is 94.0 Å². The second-order valence-corrected chi connectivity index (χ2v) is 5.72. The molecule has 0 spiro atoms. The third kappa shape index (κ3) is 2.95. The zero-order valence-electron chi connectivity index (χ0n) is 12.0. The summed E-state index contributed by atoms with van der Waals surface area (Å²) in [5.74, 6) is 0.879. The average Bonchev–Trinajstić information content (AvgIpc) is 2.44. The molecule has 1 aliphatic rings.